The van der Waals surface area contributed by atoms with Gasteiger partial charge in [-0.3, -0.25) is 14.5 Å². The van der Waals surface area contributed by atoms with Crippen LogP contribution in [0.25, 0.3) is 0 Å². The fourth-order valence-electron chi connectivity index (χ4n) is 3.95. The predicted octanol–water partition coefficient (Wildman–Crippen LogP) is 2.54. The van der Waals surface area contributed by atoms with Gasteiger partial charge < -0.3 is 9.64 Å². The highest BCUT2D eigenvalue weighted by atomic mass is 19.1. The minimum atomic E-state index is -0.398. The largest absolute Gasteiger partial charge is 0.368 e. The molecule has 2 aliphatic heterocycles. The Kier molecular flexibility index (Phi) is 5.76. The molecule has 8 heteroatoms. The molecule has 158 valence electrons. The number of fused-ring (bicyclic) bond motifs is 1. The van der Waals surface area contributed by atoms with Crippen molar-refractivity contribution in [2.75, 3.05) is 18.6 Å². The van der Waals surface area contributed by atoms with E-state index in [4.69, 9.17) is 4.74 Å². The van der Waals surface area contributed by atoms with E-state index in [0.29, 0.717) is 37.6 Å². The minimum absolute atomic E-state index is 0.0281. The molecule has 0 unspecified atom stereocenters. The number of amides is 2. The van der Waals surface area contributed by atoms with E-state index in [9.17, 15) is 14.0 Å². The van der Waals surface area contributed by atoms with Gasteiger partial charge in [-0.05, 0) is 43.9 Å². The number of hydrogen-bond acceptors (Lipinski definition) is 5. The summed E-state index contributed by atoms with van der Waals surface area (Å²) in [5.74, 6) is 0.642. The predicted molar refractivity (Wildman–Crippen MR) is 108 cm³/mol. The zero-order chi connectivity index (χ0) is 21.3. The van der Waals surface area contributed by atoms with Crippen LogP contribution >= 0.6 is 0 Å². The van der Waals surface area contributed by atoms with Crippen molar-refractivity contribution in [2.24, 2.45) is 0 Å². The highest BCUT2D eigenvalue weighted by molar-refractivity contribution is 5.95. The number of rotatable bonds is 5. The molecule has 2 aliphatic rings. The number of aryl methyl sites for hydroxylation is 1. The maximum Gasteiger partial charge on any atom is 0.251 e. The monoisotopic (exact) mass is 412 g/mol. The molecule has 0 saturated carbocycles. The first-order valence-electron chi connectivity index (χ1n) is 10.2. The quantitative estimate of drug-likeness (QED) is 0.755. The van der Waals surface area contributed by atoms with Crippen molar-refractivity contribution in [2.45, 2.75) is 51.8 Å². The first kappa shape index (κ1) is 20.4. The topological polar surface area (TPSA) is 75.6 Å². The summed E-state index contributed by atoms with van der Waals surface area (Å²) >= 11 is 0. The molecule has 1 saturated heterocycles. The van der Waals surface area contributed by atoms with Gasteiger partial charge in [0.05, 0.1) is 13.1 Å². The molecular formula is C22H25FN4O3. The number of aromatic nitrogens is 2. The Hall–Kier alpha value is -2.87. The smallest absolute Gasteiger partial charge is 0.251 e. The molecule has 0 radical (unpaired) electrons. The second-order valence-electron chi connectivity index (χ2n) is 7.83. The van der Waals surface area contributed by atoms with Gasteiger partial charge in [0.2, 0.25) is 5.91 Å². The van der Waals surface area contributed by atoms with E-state index in [0.717, 1.165) is 29.7 Å². The second kappa shape index (κ2) is 8.47. The van der Waals surface area contributed by atoms with Crippen molar-refractivity contribution in [1.82, 2.24) is 14.9 Å². The first-order chi connectivity index (χ1) is 14.4. The van der Waals surface area contributed by atoms with E-state index in [-0.39, 0.29) is 24.2 Å². The van der Waals surface area contributed by atoms with Gasteiger partial charge in [0.15, 0.2) is 0 Å². The molecule has 0 N–H and O–H groups in total. The zero-order valence-corrected chi connectivity index (χ0v) is 17.2. The highest BCUT2D eigenvalue weighted by Gasteiger charge is 2.30. The Balaban J connectivity index is 1.58. The number of ether oxygens (including phenoxy) is 1. The number of hydrogen-bond donors (Lipinski definition) is 0. The van der Waals surface area contributed by atoms with Gasteiger partial charge in [-0.2, -0.15) is 0 Å². The van der Waals surface area contributed by atoms with Crippen LogP contribution in [0.15, 0.2) is 24.3 Å². The van der Waals surface area contributed by atoms with Crippen LogP contribution in [0.2, 0.25) is 0 Å². The molecule has 2 amide bonds. The van der Waals surface area contributed by atoms with E-state index in [1.165, 1.54) is 12.1 Å². The number of carbonyl (C=O) groups excluding carboxylic acids is 2. The molecule has 0 spiro atoms. The fraction of sp³-hybridized carbons (Fsp3) is 0.455. The Bertz CT molecular complexity index is 958. The van der Waals surface area contributed by atoms with Gasteiger partial charge in [0.1, 0.15) is 23.6 Å². The molecule has 3 heterocycles. The van der Waals surface area contributed by atoms with Gasteiger partial charge in [0.25, 0.3) is 5.91 Å². The van der Waals surface area contributed by atoms with E-state index in [1.807, 2.05) is 6.92 Å². The minimum Gasteiger partial charge on any atom is -0.368 e. The summed E-state index contributed by atoms with van der Waals surface area (Å²) in [7, 11) is 1.71. The Labute approximate surface area is 174 Å². The fourth-order valence-corrected chi connectivity index (χ4v) is 3.95. The number of halogens is 1. The lowest BCUT2D eigenvalue weighted by Crippen LogP contribution is -2.38. The Morgan fingerprint density at radius 1 is 1.27 bits per heavy atom. The van der Waals surface area contributed by atoms with Crippen LogP contribution in [0.1, 0.15) is 41.9 Å². The van der Waals surface area contributed by atoms with Crippen molar-refractivity contribution in [3.8, 4) is 0 Å². The molecule has 1 aromatic heterocycles. The summed E-state index contributed by atoms with van der Waals surface area (Å²) in [4.78, 5) is 37.7. The maximum absolute atomic E-state index is 13.2. The lowest BCUT2D eigenvalue weighted by atomic mass is 10.0. The summed E-state index contributed by atoms with van der Waals surface area (Å²) in [6, 6.07) is 6.10. The number of nitrogens with zero attached hydrogens (tertiary/aromatic N) is 4. The van der Waals surface area contributed by atoms with E-state index >= 15 is 0 Å². The summed E-state index contributed by atoms with van der Waals surface area (Å²) in [6.07, 6.45) is 2.19. The molecule has 30 heavy (non-hydrogen) atoms. The van der Waals surface area contributed by atoms with E-state index < -0.39 is 6.10 Å². The number of benzene rings is 1. The summed E-state index contributed by atoms with van der Waals surface area (Å²) < 4.78 is 18.7. The first-order valence-corrected chi connectivity index (χ1v) is 10.2. The normalized spacial score (nSPS) is 18.4. The van der Waals surface area contributed by atoms with Gasteiger partial charge in [-0.1, -0.05) is 12.1 Å². The van der Waals surface area contributed by atoms with Crippen LogP contribution in [0.4, 0.5) is 10.2 Å². The van der Waals surface area contributed by atoms with Crippen molar-refractivity contribution in [3.63, 3.8) is 0 Å². The van der Waals surface area contributed by atoms with Crippen LogP contribution in [0, 0.1) is 12.7 Å². The molecular weight excluding hydrogens is 387 g/mol. The molecule has 1 atom stereocenters. The standard InChI is InChI=1S/C22H25FN4O3/c1-14-17-9-10-20(28)27(12-15-5-7-16(23)8-6-15)21(17)25-19(24-14)13-26(2)22(29)18-4-3-11-30-18/h5-8,18H,3-4,9-13H2,1-2H3/t18-/m0/s1. The summed E-state index contributed by atoms with van der Waals surface area (Å²) in [5, 5.41) is 0. The lowest BCUT2D eigenvalue weighted by Gasteiger charge is -2.30. The summed E-state index contributed by atoms with van der Waals surface area (Å²) in [5.41, 5.74) is 2.57. The van der Waals surface area contributed by atoms with Gasteiger partial charge in [0, 0.05) is 31.3 Å². The van der Waals surface area contributed by atoms with Crippen molar-refractivity contribution < 1.29 is 18.7 Å². The molecule has 7 nitrogen and oxygen atoms in total. The molecule has 2 aromatic rings. The third-order valence-corrected chi connectivity index (χ3v) is 5.60. The van der Waals surface area contributed by atoms with Crippen molar-refractivity contribution in [3.05, 3.63) is 52.7 Å². The average Bonchev–Trinajstić information content (AvgIpc) is 3.26. The molecule has 4 rings (SSSR count). The Morgan fingerprint density at radius 3 is 2.73 bits per heavy atom. The number of carbonyl (C=O) groups is 2. The lowest BCUT2D eigenvalue weighted by molar-refractivity contribution is -0.140. The third kappa shape index (κ3) is 4.18. The Morgan fingerprint density at radius 2 is 2.03 bits per heavy atom. The van der Waals surface area contributed by atoms with Crippen LogP contribution < -0.4 is 4.90 Å². The number of anilines is 1. The maximum atomic E-state index is 13.2. The van der Waals surface area contributed by atoms with Crippen LogP contribution in [0.3, 0.4) is 0 Å². The molecule has 1 fully saturated rings. The second-order valence-corrected chi connectivity index (χ2v) is 7.83. The molecule has 0 bridgehead atoms. The van der Waals surface area contributed by atoms with Crippen LogP contribution in [-0.2, 0) is 33.8 Å². The van der Waals surface area contributed by atoms with Crippen molar-refractivity contribution >= 4 is 17.6 Å². The zero-order valence-electron chi connectivity index (χ0n) is 17.2. The molecule has 1 aromatic carbocycles. The highest BCUT2D eigenvalue weighted by Crippen LogP contribution is 2.29. The van der Waals surface area contributed by atoms with E-state index in [2.05, 4.69) is 9.97 Å². The van der Waals surface area contributed by atoms with Gasteiger partial charge in [-0.15, -0.1) is 0 Å². The summed E-state index contributed by atoms with van der Waals surface area (Å²) in [6.45, 7) is 3.06. The molecule has 0 aliphatic carbocycles. The van der Waals surface area contributed by atoms with Crippen LogP contribution in [-0.4, -0.2) is 46.4 Å². The third-order valence-electron chi connectivity index (χ3n) is 5.60. The van der Waals surface area contributed by atoms with E-state index in [1.54, 1.807) is 29.0 Å². The average molecular weight is 412 g/mol. The van der Waals surface area contributed by atoms with Gasteiger partial charge >= 0.3 is 0 Å². The van der Waals surface area contributed by atoms with Crippen molar-refractivity contribution in [1.29, 1.82) is 0 Å². The SMILES string of the molecule is Cc1nc(CN(C)C(=O)[C@@H]2CCCO2)nc2c1CCC(=O)N2Cc1ccc(F)cc1. The number of likely N-dealkylation sites (N-methyl/N-ethyl adjacent to an activating group) is 1. The van der Waals surface area contributed by atoms with Crippen LogP contribution in [0.5, 0.6) is 0 Å². The van der Waals surface area contributed by atoms with Gasteiger partial charge in [-0.25, -0.2) is 14.4 Å².